The smallest absolute Gasteiger partial charge is 0.264 e. The van der Waals surface area contributed by atoms with Crippen LogP contribution >= 0.6 is 11.6 Å². The summed E-state index contributed by atoms with van der Waals surface area (Å²) in [7, 11) is -1.26. The van der Waals surface area contributed by atoms with Gasteiger partial charge < -0.3 is 5.32 Å². The minimum Gasteiger partial charge on any atom is -0.349 e. The summed E-state index contributed by atoms with van der Waals surface area (Å²) in [5.41, 5.74) is 0.716. The summed E-state index contributed by atoms with van der Waals surface area (Å²) in [6, 6.07) is 9.78. The Bertz CT molecular complexity index is 946. The molecule has 0 spiro atoms. The Morgan fingerprint density at radius 2 is 1.93 bits per heavy atom. The first-order valence-corrected chi connectivity index (χ1v) is 9.95. The lowest BCUT2D eigenvalue weighted by Crippen LogP contribution is -2.27. The van der Waals surface area contributed by atoms with Gasteiger partial charge in [0.1, 0.15) is 5.82 Å². The molecule has 6 nitrogen and oxygen atoms in total. The lowest BCUT2D eigenvalue weighted by atomic mass is 10.1. The zero-order chi connectivity index (χ0) is 19.8. The fourth-order valence-corrected chi connectivity index (χ4v) is 4.09. The number of carbonyl (C=O) groups excluding carboxylic acids is 1. The van der Waals surface area contributed by atoms with E-state index in [-0.39, 0.29) is 28.6 Å². The fourth-order valence-electron chi connectivity index (χ4n) is 2.82. The van der Waals surface area contributed by atoms with E-state index in [0.717, 1.165) is 4.47 Å². The Balaban J connectivity index is 1.68. The number of amides is 1. The Labute approximate surface area is 161 Å². The van der Waals surface area contributed by atoms with Crippen molar-refractivity contribution in [2.24, 2.45) is 0 Å². The lowest BCUT2D eigenvalue weighted by Gasteiger charge is -2.14. The minimum atomic E-state index is -3.77. The van der Waals surface area contributed by atoms with Gasteiger partial charge in [-0.05, 0) is 42.8 Å². The molecule has 0 radical (unpaired) electrons. The van der Waals surface area contributed by atoms with E-state index in [1.165, 1.54) is 50.6 Å². The number of sulfonamides is 1. The predicted octanol–water partition coefficient (Wildman–Crippen LogP) is 2.95. The predicted molar refractivity (Wildman–Crippen MR) is 98.4 cm³/mol. The van der Waals surface area contributed by atoms with E-state index in [1.807, 2.05) is 0 Å². The van der Waals surface area contributed by atoms with Crippen molar-refractivity contribution in [2.75, 3.05) is 14.2 Å². The van der Waals surface area contributed by atoms with Crippen molar-refractivity contribution < 1.29 is 22.4 Å². The van der Waals surface area contributed by atoms with Gasteiger partial charge in [-0.25, -0.2) is 12.8 Å². The summed E-state index contributed by atoms with van der Waals surface area (Å²) in [5.74, 6) is -0.919. The molecular formula is C18H18ClFN2O4S. The molecule has 1 saturated carbocycles. The van der Waals surface area contributed by atoms with Crippen LogP contribution in [0.5, 0.6) is 0 Å². The molecule has 2 atom stereocenters. The molecule has 144 valence electrons. The second kappa shape index (κ2) is 7.55. The Morgan fingerprint density at radius 1 is 1.26 bits per heavy atom. The molecule has 2 aromatic rings. The van der Waals surface area contributed by atoms with Gasteiger partial charge in [0, 0.05) is 35.2 Å². The molecule has 27 heavy (non-hydrogen) atoms. The van der Waals surface area contributed by atoms with Crippen LogP contribution in [-0.2, 0) is 14.9 Å². The minimum absolute atomic E-state index is 0.00540. The van der Waals surface area contributed by atoms with Crippen LogP contribution in [0, 0.1) is 5.82 Å². The number of nitrogens with zero attached hydrogens (tertiary/aromatic N) is 1. The molecule has 3 rings (SSSR count). The fraction of sp³-hybridized carbons (Fsp3) is 0.278. The molecule has 0 aromatic heterocycles. The first-order valence-electron chi connectivity index (χ1n) is 8.13. The van der Waals surface area contributed by atoms with E-state index >= 15 is 0 Å². The molecule has 1 fully saturated rings. The van der Waals surface area contributed by atoms with E-state index in [0.29, 0.717) is 22.6 Å². The van der Waals surface area contributed by atoms with E-state index in [2.05, 4.69) is 5.32 Å². The van der Waals surface area contributed by atoms with Crippen LogP contribution in [0.3, 0.4) is 0 Å². The second-order valence-corrected chi connectivity index (χ2v) is 8.52. The van der Waals surface area contributed by atoms with Crippen molar-refractivity contribution in [2.45, 2.75) is 23.3 Å². The molecule has 0 unspecified atom stereocenters. The van der Waals surface area contributed by atoms with Crippen LogP contribution < -0.4 is 5.32 Å². The number of hydrogen-bond donors (Lipinski definition) is 1. The Morgan fingerprint density at radius 3 is 2.52 bits per heavy atom. The summed E-state index contributed by atoms with van der Waals surface area (Å²) >= 11 is 6.06. The molecule has 1 aliphatic carbocycles. The second-order valence-electron chi connectivity index (χ2n) is 6.18. The number of nitrogens with one attached hydrogen (secondary N) is 1. The third-order valence-electron chi connectivity index (χ3n) is 4.49. The van der Waals surface area contributed by atoms with Gasteiger partial charge in [0.2, 0.25) is 0 Å². The van der Waals surface area contributed by atoms with Crippen molar-refractivity contribution in [3.05, 3.63) is 64.4 Å². The van der Waals surface area contributed by atoms with Crippen molar-refractivity contribution in [1.82, 2.24) is 9.79 Å². The van der Waals surface area contributed by atoms with Crippen molar-refractivity contribution in [1.29, 1.82) is 0 Å². The van der Waals surface area contributed by atoms with E-state index in [4.69, 9.17) is 16.4 Å². The molecule has 0 aliphatic heterocycles. The first-order chi connectivity index (χ1) is 12.8. The highest BCUT2D eigenvalue weighted by atomic mass is 35.5. The van der Waals surface area contributed by atoms with Gasteiger partial charge in [0.15, 0.2) is 0 Å². The standard InChI is InChI=1S/C18H18ClFN2O4S/c1-22(26-2)27(24,25)12-8-6-11(7-9-12)18(23)21-16-10-13(16)17-14(19)4-3-5-15(17)20/h3-9,13,16H,10H2,1-2H3,(H,21,23)/t13-,16+/m1/s1. The number of carbonyl (C=O) groups is 1. The number of hydrogen-bond acceptors (Lipinski definition) is 4. The number of benzene rings is 2. The van der Waals surface area contributed by atoms with Crippen molar-refractivity contribution in [3.8, 4) is 0 Å². The molecule has 9 heteroatoms. The van der Waals surface area contributed by atoms with Crippen molar-refractivity contribution >= 4 is 27.5 Å². The summed E-state index contributed by atoms with van der Waals surface area (Å²) in [4.78, 5) is 17.1. The summed E-state index contributed by atoms with van der Waals surface area (Å²) in [5, 5.41) is 3.16. The van der Waals surface area contributed by atoms with E-state index in [1.54, 1.807) is 6.07 Å². The molecule has 0 bridgehead atoms. The summed E-state index contributed by atoms with van der Waals surface area (Å²) in [6.07, 6.45) is 0.595. The maximum Gasteiger partial charge on any atom is 0.264 e. The highest BCUT2D eigenvalue weighted by molar-refractivity contribution is 7.89. The van der Waals surface area contributed by atoms with Gasteiger partial charge >= 0.3 is 0 Å². The number of halogens is 2. The largest absolute Gasteiger partial charge is 0.349 e. The zero-order valence-electron chi connectivity index (χ0n) is 14.6. The molecule has 1 amide bonds. The van der Waals surface area contributed by atoms with Crippen molar-refractivity contribution in [3.63, 3.8) is 0 Å². The third kappa shape index (κ3) is 3.98. The Kier molecular flexibility index (Phi) is 5.53. The van der Waals surface area contributed by atoms with Gasteiger partial charge in [-0.1, -0.05) is 22.1 Å². The van der Waals surface area contributed by atoms with Crippen LogP contribution in [-0.4, -0.2) is 39.0 Å². The van der Waals surface area contributed by atoms with Gasteiger partial charge in [-0.3, -0.25) is 9.63 Å². The average molecular weight is 413 g/mol. The molecule has 2 aromatic carbocycles. The monoisotopic (exact) mass is 412 g/mol. The summed E-state index contributed by atoms with van der Waals surface area (Å²) < 4.78 is 39.0. The first kappa shape index (κ1) is 19.8. The maximum atomic E-state index is 14.0. The van der Waals surface area contributed by atoms with Crippen LogP contribution in [0.4, 0.5) is 4.39 Å². The normalized spacial score (nSPS) is 19.1. The molecule has 1 aliphatic rings. The summed E-state index contributed by atoms with van der Waals surface area (Å²) in [6.45, 7) is 0. The van der Waals surface area contributed by atoms with Crippen LogP contribution in [0.25, 0.3) is 0 Å². The van der Waals surface area contributed by atoms with Crippen LogP contribution in [0.15, 0.2) is 47.4 Å². The lowest BCUT2D eigenvalue weighted by molar-refractivity contribution is -0.0258. The van der Waals surface area contributed by atoms with E-state index < -0.39 is 10.0 Å². The molecule has 0 saturated heterocycles. The quantitative estimate of drug-likeness (QED) is 0.740. The highest BCUT2D eigenvalue weighted by Gasteiger charge is 2.42. The highest BCUT2D eigenvalue weighted by Crippen LogP contribution is 2.45. The Hall–Kier alpha value is -2.00. The SMILES string of the molecule is CON(C)S(=O)(=O)c1ccc(C(=O)N[C@H]2C[C@H]2c2c(F)cccc2Cl)cc1. The van der Waals surface area contributed by atoms with Crippen LogP contribution in [0.1, 0.15) is 28.3 Å². The third-order valence-corrected chi connectivity index (χ3v) is 6.51. The van der Waals surface area contributed by atoms with Gasteiger partial charge in [-0.15, -0.1) is 0 Å². The number of rotatable bonds is 6. The average Bonchev–Trinajstić information content (AvgIpc) is 3.39. The van der Waals surface area contributed by atoms with Gasteiger partial charge in [0.25, 0.3) is 15.9 Å². The van der Waals surface area contributed by atoms with Gasteiger partial charge in [-0.2, -0.15) is 0 Å². The van der Waals surface area contributed by atoms with E-state index in [9.17, 15) is 17.6 Å². The topological polar surface area (TPSA) is 75.7 Å². The zero-order valence-corrected chi connectivity index (χ0v) is 16.2. The molecular weight excluding hydrogens is 395 g/mol. The number of hydroxylamine groups is 1. The molecule has 1 N–H and O–H groups in total. The molecule has 0 heterocycles. The van der Waals surface area contributed by atoms with Gasteiger partial charge in [0.05, 0.1) is 12.0 Å². The van der Waals surface area contributed by atoms with Crippen LogP contribution in [0.2, 0.25) is 5.02 Å². The maximum absolute atomic E-state index is 14.0.